The average Bonchev–Trinajstić information content (AvgIpc) is 2.87. The molecule has 0 aromatic heterocycles. The molecule has 0 radical (unpaired) electrons. The molecule has 2 aliphatic rings. The van der Waals surface area contributed by atoms with Crippen molar-refractivity contribution in [3.63, 3.8) is 0 Å². The van der Waals surface area contributed by atoms with Gasteiger partial charge in [-0.3, -0.25) is 24.2 Å². The van der Waals surface area contributed by atoms with Crippen molar-refractivity contribution in [2.24, 2.45) is 28.3 Å². The number of carboxylic acids is 1. The monoisotopic (exact) mass is 500 g/mol. The van der Waals surface area contributed by atoms with Crippen LogP contribution in [0.5, 0.6) is 0 Å². The minimum absolute atomic E-state index is 0.0603. The number of guanidine groups is 1. The van der Waals surface area contributed by atoms with Crippen LogP contribution in [0.4, 0.5) is 0 Å². The van der Waals surface area contributed by atoms with E-state index in [-0.39, 0.29) is 36.8 Å². The molecule has 36 heavy (non-hydrogen) atoms. The van der Waals surface area contributed by atoms with Crippen LogP contribution >= 0.6 is 0 Å². The Bertz CT molecular complexity index is 957. The first kappa shape index (κ1) is 27.0. The molecule has 11 nitrogen and oxygen atoms in total. The van der Waals surface area contributed by atoms with Crippen LogP contribution in [0.25, 0.3) is 0 Å². The number of hydrogen-bond acceptors (Lipinski definition) is 5. The number of amides is 3. The fourth-order valence-electron chi connectivity index (χ4n) is 4.88. The van der Waals surface area contributed by atoms with Gasteiger partial charge in [-0.25, -0.2) is 0 Å². The van der Waals surface area contributed by atoms with Crippen molar-refractivity contribution < 1.29 is 24.3 Å². The van der Waals surface area contributed by atoms with E-state index >= 15 is 0 Å². The Labute approximate surface area is 210 Å². The van der Waals surface area contributed by atoms with E-state index < -0.39 is 24.3 Å². The van der Waals surface area contributed by atoms with Gasteiger partial charge >= 0.3 is 5.97 Å². The Morgan fingerprint density at radius 2 is 1.75 bits per heavy atom. The highest BCUT2D eigenvalue weighted by Crippen LogP contribution is 2.29. The highest BCUT2D eigenvalue weighted by atomic mass is 16.4. The normalized spacial score (nSPS) is 22.1. The number of rotatable bonds is 10. The molecule has 1 aliphatic carbocycles. The number of piperazine rings is 1. The number of aliphatic carboxylic acids is 1. The summed E-state index contributed by atoms with van der Waals surface area (Å²) in [4.78, 5) is 57.0. The number of nitrogens with one attached hydrogen (secondary N) is 1. The molecule has 196 valence electrons. The predicted octanol–water partition coefficient (Wildman–Crippen LogP) is -0.0608. The van der Waals surface area contributed by atoms with Crippen molar-refractivity contribution in [1.82, 2.24) is 15.1 Å². The minimum atomic E-state index is -1.16. The van der Waals surface area contributed by atoms with Gasteiger partial charge in [-0.2, -0.15) is 0 Å². The molecule has 1 saturated heterocycles. The fourth-order valence-corrected chi connectivity index (χ4v) is 4.88. The largest absolute Gasteiger partial charge is 0.481 e. The molecule has 1 aromatic carbocycles. The lowest BCUT2D eigenvalue weighted by atomic mass is 9.81. The molecule has 0 bridgehead atoms. The molecule has 1 atom stereocenters. The van der Waals surface area contributed by atoms with E-state index in [2.05, 4.69) is 10.3 Å². The third kappa shape index (κ3) is 7.69. The number of nitrogens with zero attached hydrogens (tertiary/aromatic N) is 3. The first-order valence-electron chi connectivity index (χ1n) is 12.4. The minimum Gasteiger partial charge on any atom is -0.481 e. The molecule has 11 heteroatoms. The molecule has 1 unspecified atom stereocenters. The molecule has 1 aliphatic heterocycles. The van der Waals surface area contributed by atoms with Gasteiger partial charge in [-0.05, 0) is 43.6 Å². The Balaban J connectivity index is 1.50. The highest BCUT2D eigenvalue weighted by molar-refractivity contribution is 5.93. The summed E-state index contributed by atoms with van der Waals surface area (Å²) in [5.41, 5.74) is 11.8. The lowest BCUT2D eigenvalue weighted by molar-refractivity contribution is -0.155. The summed E-state index contributed by atoms with van der Waals surface area (Å²) in [6.45, 7) is 1.28. The van der Waals surface area contributed by atoms with Crippen LogP contribution in [-0.4, -0.2) is 83.3 Å². The summed E-state index contributed by atoms with van der Waals surface area (Å²) < 4.78 is 0. The number of benzene rings is 1. The zero-order valence-electron chi connectivity index (χ0n) is 20.5. The molecule has 1 heterocycles. The number of aliphatic imine (C=N–C) groups is 1. The number of carbonyl (C=O) groups excluding carboxylic acids is 3. The number of carboxylic acid groups (broad SMARTS) is 1. The maximum absolute atomic E-state index is 13.1. The van der Waals surface area contributed by atoms with Gasteiger partial charge in [-0.1, -0.05) is 30.3 Å². The standard InChI is InChI=1S/C25H36N6O5/c26-25(27)29-15-18-6-8-19(9-7-18)23(35)28-16-21(32)31-13-12-30(24(36)20(31)14-22(33)34)11-10-17-4-2-1-3-5-17/h1-5,18-20H,6-16H2,(H,28,35)(H,33,34)(H4,26,27,29). The lowest BCUT2D eigenvalue weighted by Crippen LogP contribution is -2.61. The van der Waals surface area contributed by atoms with Crippen molar-refractivity contribution in [3.8, 4) is 0 Å². The van der Waals surface area contributed by atoms with Crippen molar-refractivity contribution in [2.45, 2.75) is 44.6 Å². The SMILES string of the molecule is NC(N)=NCC1CCC(C(=O)NCC(=O)N2CCN(CCc3ccccc3)C(=O)C2CC(=O)O)CC1. The summed E-state index contributed by atoms with van der Waals surface area (Å²) >= 11 is 0. The molecule has 1 saturated carbocycles. The zero-order valence-corrected chi connectivity index (χ0v) is 20.5. The van der Waals surface area contributed by atoms with E-state index in [1.165, 1.54) is 4.90 Å². The second kappa shape index (κ2) is 12.9. The van der Waals surface area contributed by atoms with Gasteiger partial charge in [0.05, 0.1) is 13.0 Å². The smallest absolute Gasteiger partial charge is 0.305 e. The van der Waals surface area contributed by atoms with Crippen LogP contribution in [0.1, 0.15) is 37.7 Å². The van der Waals surface area contributed by atoms with Crippen LogP contribution in [0.15, 0.2) is 35.3 Å². The Morgan fingerprint density at radius 1 is 1.06 bits per heavy atom. The summed E-state index contributed by atoms with van der Waals surface area (Å²) in [6.07, 6.45) is 3.19. The zero-order chi connectivity index (χ0) is 26.1. The Morgan fingerprint density at radius 3 is 2.39 bits per heavy atom. The predicted molar refractivity (Wildman–Crippen MR) is 134 cm³/mol. The quantitative estimate of drug-likeness (QED) is 0.257. The molecular formula is C25H36N6O5. The van der Waals surface area contributed by atoms with E-state index in [1.807, 2.05) is 30.3 Å². The van der Waals surface area contributed by atoms with Crippen molar-refractivity contribution >= 4 is 29.7 Å². The third-order valence-electron chi connectivity index (χ3n) is 6.95. The number of carbonyl (C=O) groups is 4. The van der Waals surface area contributed by atoms with E-state index in [9.17, 15) is 24.3 Å². The Hall–Kier alpha value is -3.63. The lowest BCUT2D eigenvalue weighted by Gasteiger charge is -2.40. The van der Waals surface area contributed by atoms with E-state index in [4.69, 9.17) is 11.5 Å². The van der Waals surface area contributed by atoms with Crippen molar-refractivity contribution in [1.29, 1.82) is 0 Å². The first-order chi connectivity index (χ1) is 17.2. The van der Waals surface area contributed by atoms with E-state index in [0.29, 0.717) is 44.8 Å². The molecular weight excluding hydrogens is 464 g/mol. The fraction of sp³-hybridized carbons (Fsp3) is 0.560. The van der Waals surface area contributed by atoms with Gasteiger partial charge < -0.3 is 31.7 Å². The van der Waals surface area contributed by atoms with Gasteiger partial charge in [0.15, 0.2) is 5.96 Å². The topological polar surface area (TPSA) is 171 Å². The second-order valence-corrected chi connectivity index (χ2v) is 9.46. The number of hydrogen-bond donors (Lipinski definition) is 4. The van der Waals surface area contributed by atoms with E-state index in [0.717, 1.165) is 18.4 Å². The highest BCUT2D eigenvalue weighted by Gasteiger charge is 2.38. The first-order valence-corrected chi connectivity index (χ1v) is 12.4. The van der Waals surface area contributed by atoms with Gasteiger partial charge in [0.1, 0.15) is 6.04 Å². The average molecular weight is 501 g/mol. The maximum atomic E-state index is 13.1. The van der Waals surface area contributed by atoms with Gasteiger partial charge in [0.2, 0.25) is 17.7 Å². The van der Waals surface area contributed by atoms with Gasteiger partial charge in [0.25, 0.3) is 0 Å². The van der Waals surface area contributed by atoms with Crippen molar-refractivity contribution in [3.05, 3.63) is 35.9 Å². The maximum Gasteiger partial charge on any atom is 0.305 e. The van der Waals surface area contributed by atoms with Gasteiger partial charge in [0, 0.05) is 32.1 Å². The van der Waals surface area contributed by atoms with E-state index in [1.54, 1.807) is 4.90 Å². The molecule has 2 fully saturated rings. The van der Waals surface area contributed by atoms with Crippen LogP contribution in [0.2, 0.25) is 0 Å². The Kier molecular flexibility index (Phi) is 9.66. The molecule has 1 aromatic rings. The summed E-state index contributed by atoms with van der Waals surface area (Å²) in [5, 5.41) is 12.0. The molecule has 3 amide bonds. The van der Waals surface area contributed by atoms with Crippen LogP contribution in [0.3, 0.4) is 0 Å². The summed E-state index contributed by atoms with van der Waals surface area (Å²) in [7, 11) is 0. The molecule has 0 spiro atoms. The van der Waals surface area contributed by atoms with Crippen LogP contribution in [-0.2, 0) is 25.6 Å². The summed E-state index contributed by atoms with van der Waals surface area (Å²) in [6, 6.07) is 8.63. The van der Waals surface area contributed by atoms with Crippen molar-refractivity contribution in [2.75, 3.05) is 32.7 Å². The summed E-state index contributed by atoms with van der Waals surface area (Å²) in [5.74, 6) is -1.99. The van der Waals surface area contributed by atoms with Gasteiger partial charge in [-0.15, -0.1) is 0 Å². The van der Waals surface area contributed by atoms with Crippen LogP contribution in [0, 0.1) is 11.8 Å². The van der Waals surface area contributed by atoms with Crippen LogP contribution < -0.4 is 16.8 Å². The second-order valence-electron chi connectivity index (χ2n) is 9.46. The number of nitrogens with two attached hydrogens (primary N) is 2. The molecule has 6 N–H and O–H groups in total. The molecule has 3 rings (SSSR count). The third-order valence-corrected chi connectivity index (χ3v) is 6.95.